The van der Waals surface area contributed by atoms with Gasteiger partial charge < -0.3 is 14.8 Å². The highest BCUT2D eigenvalue weighted by atomic mass is 79.9. The van der Waals surface area contributed by atoms with Crippen molar-refractivity contribution < 1.29 is 22.7 Å². The fourth-order valence-corrected chi connectivity index (χ4v) is 3.56. The van der Waals surface area contributed by atoms with Crippen LogP contribution in [0.3, 0.4) is 0 Å². The summed E-state index contributed by atoms with van der Waals surface area (Å²) in [7, 11) is -2.46. The van der Waals surface area contributed by atoms with Gasteiger partial charge >= 0.3 is 0 Å². The van der Waals surface area contributed by atoms with Gasteiger partial charge in [-0.2, -0.15) is 0 Å². The molecule has 3 rings (SSSR count). The van der Waals surface area contributed by atoms with Gasteiger partial charge in [0.2, 0.25) is 5.88 Å². The van der Waals surface area contributed by atoms with Gasteiger partial charge in [-0.3, -0.25) is 9.52 Å². The van der Waals surface area contributed by atoms with Crippen molar-refractivity contribution in [1.29, 1.82) is 0 Å². The molecule has 1 aromatic heterocycles. The standard InChI is InChI=1S/C19H17BrN4O5S/c1-28-19-10-17(21-12-22-19)24-30(26,27)16-8-4-14(5-9-16)23-18(25)11-29-15-6-2-13(20)3-7-15/h2-10,12H,11H2,1H3,(H,23,25)(H,21,22,24). The molecule has 0 aliphatic heterocycles. The molecule has 156 valence electrons. The highest BCUT2D eigenvalue weighted by Gasteiger charge is 2.16. The number of hydrogen-bond acceptors (Lipinski definition) is 7. The van der Waals surface area contributed by atoms with Crippen LogP contribution >= 0.6 is 15.9 Å². The number of carbonyl (C=O) groups excluding carboxylic acids is 1. The number of hydrogen-bond donors (Lipinski definition) is 2. The number of rotatable bonds is 8. The minimum atomic E-state index is -3.87. The third-order valence-corrected chi connectivity index (χ3v) is 5.62. The summed E-state index contributed by atoms with van der Waals surface area (Å²) in [4.78, 5) is 19.7. The second kappa shape index (κ2) is 9.55. The molecule has 0 fully saturated rings. The average molecular weight is 493 g/mol. The number of sulfonamides is 1. The number of aromatic nitrogens is 2. The number of nitrogens with one attached hydrogen (secondary N) is 2. The molecule has 0 bridgehead atoms. The van der Waals surface area contributed by atoms with Crippen LogP contribution < -0.4 is 19.5 Å². The van der Waals surface area contributed by atoms with Crippen molar-refractivity contribution >= 4 is 43.4 Å². The summed E-state index contributed by atoms with van der Waals surface area (Å²) in [5, 5.41) is 2.64. The van der Waals surface area contributed by atoms with Gasteiger partial charge in [-0.05, 0) is 48.5 Å². The number of amides is 1. The maximum atomic E-state index is 12.5. The van der Waals surface area contributed by atoms with Crippen LogP contribution in [0.5, 0.6) is 11.6 Å². The Hall–Kier alpha value is -3.18. The van der Waals surface area contributed by atoms with E-state index in [0.29, 0.717) is 11.4 Å². The molecule has 0 radical (unpaired) electrons. The average Bonchev–Trinajstić information content (AvgIpc) is 2.73. The minimum Gasteiger partial charge on any atom is -0.484 e. The van der Waals surface area contributed by atoms with E-state index in [2.05, 4.69) is 35.9 Å². The first-order chi connectivity index (χ1) is 14.4. The van der Waals surface area contributed by atoms with Crippen LogP contribution in [0.1, 0.15) is 0 Å². The summed E-state index contributed by atoms with van der Waals surface area (Å²) in [5.74, 6) is 0.484. The zero-order chi connectivity index (χ0) is 21.6. The van der Waals surface area contributed by atoms with Crippen molar-refractivity contribution in [1.82, 2.24) is 9.97 Å². The number of ether oxygens (including phenoxy) is 2. The zero-order valence-corrected chi connectivity index (χ0v) is 18.1. The maximum absolute atomic E-state index is 12.5. The van der Waals surface area contributed by atoms with Crippen molar-refractivity contribution in [3.63, 3.8) is 0 Å². The van der Waals surface area contributed by atoms with E-state index in [9.17, 15) is 13.2 Å². The molecule has 2 aromatic carbocycles. The smallest absolute Gasteiger partial charge is 0.263 e. The Bertz CT molecular complexity index is 1120. The molecule has 30 heavy (non-hydrogen) atoms. The van der Waals surface area contributed by atoms with Crippen molar-refractivity contribution in [3.05, 3.63) is 65.4 Å². The molecule has 0 unspecified atom stereocenters. The van der Waals surface area contributed by atoms with Crippen LogP contribution in [-0.2, 0) is 14.8 Å². The number of carbonyl (C=O) groups is 1. The lowest BCUT2D eigenvalue weighted by atomic mass is 10.3. The lowest BCUT2D eigenvalue weighted by molar-refractivity contribution is -0.118. The predicted octanol–water partition coefficient (Wildman–Crippen LogP) is 3.07. The summed E-state index contributed by atoms with van der Waals surface area (Å²) >= 11 is 3.32. The molecule has 1 amide bonds. The molecular formula is C19H17BrN4O5S. The van der Waals surface area contributed by atoms with Gasteiger partial charge in [0, 0.05) is 16.2 Å². The number of benzene rings is 2. The van der Waals surface area contributed by atoms with Crippen LogP contribution in [0.25, 0.3) is 0 Å². The van der Waals surface area contributed by atoms with Crippen LogP contribution in [0, 0.1) is 0 Å². The molecule has 9 nitrogen and oxygen atoms in total. The van der Waals surface area contributed by atoms with Gasteiger partial charge in [0.05, 0.1) is 12.0 Å². The van der Waals surface area contributed by atoms with E-state index in [-0.39, 0.29) is 29.1 Å². The number of halogens is 1. The second-order valence-electron chi connectivity index (χ2n) is 5.87. The third-order valence-electron chi connectivity index (χ3n) is 3.72. The summed E-state index contributed by atoms with van der Waals surface area (Å²) in [5.41, 5.74) is 0.432. The third kappa shape index (κ3) is 5.91. The van der Waals surface area contributed by atoms with Crippen molar-refractivity contribution in [2.24, 2.45) is 0 Å². The first-order valence-electron chi connectivity index (χ1n) is 8.53. The molecular weight excluding hydrogens is 476 g/mol. The van der Waals surface area contributed by atoms with E-state index in [4.69, 9.17) is 9.47 Å². The monoisotopic (exact) mass is 492 g/mol. The van der Waals surface area contributed by atoms with E-state index in [1.165, 1.54) is 43.8 Å². The first-order valence-corrected chi connectivity index (χ1v) is 10.8. The Morgan fingerprint density at radius 2 is 1.77 bits per heavy atom. The Kier molecular flexibility index (Phi) is 6.85. The molecule has 0 saturated carbocycles. The molecule has 1 heterocycles. The Balaban J connectivity index is 1.59. The molecule has 2 N–H and O–H groups in total. The van der Waals surface area contributed by atoms with E-state index >= 15 is 0 Å². The first kappa shape index (κ1) is 21.5. The summed E-state index contributed by atoms with van der Waals surface area (Å²) in [6, 6.07) is 14.1. The summed E-state index contributed by atoms with van der Waals surface area (Å²) < 4.78 is 38.6. The van der Waals surface area contributed by atoms with Crippen molar-refractivity contribution in [2.45, 2.75) is 4.90 Å². The maximum Gasteiger partial charge on any atom is 0.263 e. The Morgan fingerprint density at radius 3 is 2.43 bits per heavy atom. The topological polar surface area (TPSA) is 120 Å². The van der Waals surface area contributed by atoms with Crippen LogP contribution in [0.15, 0.2) is 70.3 Å². The molecule has 0 saturated heterocycles. The largest absolute Gasteiger partial charge is 0.484 e. The van der Waals surface area contributed by atoms with Crippen LogP contribution in [0.4, 0.5) is 11.5 Å². The molecule has 3 aromatic rings. The normalized spacial score (nSPS) is 10.9. The van der Waals surface area contributed by atoms with Gasteiger partial charge in [0.25, 0.3) is 15.9 Å². The quantitative estimate of drug-likeness (QED) is 0.495. The second-order valence-corrected chi connectivity index (χ2v) is 8.46. The highest BCUT2D eigenvalue weighted by Crippen LogP contribution is 2.19. The van der Waals surface area contributed by atoms with Gasteiger partial charge in [-0.15, -0.1) is 0 Å². The molecule has 0 atom stereocenters. The van der Waals surface area contributed by atoms with E-state index < -0.39 is 10.0 Å². The van der Waals surface area contributed by atoms with Crippen molar-refractivity contribution in [2.75, 3.05) is 23.8 Å². The van der Waals surface area contributed by atoms with Gasteiger partial charge in [0.15, 0.2) is 6.61 Å². The minimum absolute atomic E-state index is 0.00388. The number of methoxy groups -OCH3 is 1. The molecule has 11 heteroatoms. The van der Waals surface area contributed by atoms with Crippen molar-refractivity contribution in [3.8, 4) is 11.6 Å². The van der Waals surface area contributed by atoms with E-state index in [0.717, 1.165) is 4.47 Å². The predicted molar refractivity (Wildman–Crippen MR) is 114 cm³/mol. The Labute approximate surface area is 181 Å². The van der Waals surface area contributed by atoms with E-state index in [1.807, 2.05) is 0 Å². The summed E-state index contributed by atoms with van der Waals surface area (Å²) in [6.45, 7) is -0.182. The van der Waals surface area contributed by atoms with Crippen LogP contribution in [0.2, 0.25) is 0 Å². The summed E-state index contributed by atoms with van der Waals surface area (Å²) in [6.07, 6.45) is 1.19. The lowest BCUT2D eigenvalue weighted by Crippen LogP contribution is -2.20. The number of nitrogens with zero attached hydrogens (tertiary/aromatic N) is 2. The SMILES string of the molecule is COc1cc(NS(=O)(=O)c2ccc(NC(=O)COc3ccc(Br)cc3)cc2)ncn1. The van der Waals surface area contributed by atoms with Crippen LogP contribution in [-0.4, -0.2) is 38.0 Å². The highest BCUT2D eigenvalue weighted by molar-refractivity contribution is 9.10. The number of anilines is 2. The fourth-order valence-electron chi connectivity index (χ4n) is 2.30. The van der Waals surface area contributed by atoms with Gasteiger partial charge in [-0.1, -0.05) is 15.9 Å². The molecule has 0 spiro atoms. The Morgan fingerprint density at radius 1 is 1.07 bits per heavy atom. The fraction of sp³-hybridized carbons (Fsp3) is 0.105. The van der Waals surface area contributed by atoms with Gasteiger partial charge in [0.1, 0.15) is 17.9 Å². The van der Waals surface area contributed by atoms with E-state index in [1.54, 1.807) is 24.3 Å². The lowest BCUT2D eigenvalue weighted by Gasteiger charge is -2.10. The molecule has 0 aliphatic carbocycles. The zero-order valence-electron chi connectivity index (χ0n) is 15.7. The van der Waals surface area contributed by atoms with Gasteiger partial charge in [-0.25, -0.2) is 18.4 Å². The molecule has 0 aliphatic rings.